The minimum atomic E-state index is -0.558. The van der Waals surface area contributed by atoms with E-state index in [0.29, 0.717) is 36.2 Å². The standard InChI is InChI=1S/C15H21N3O3/c1-4-15(5-2,9-16)13(19)17-10-6-7-12-11(8-10)18(3)14(20)21-12/h6-8H,4-5,9,16H2,1-3H3,(H,17,19). The summed E-state index contributed by atoms with van der Waals surface area (Å²) in [5, 5.41) is 2.89. The van der Waals surface area contributed by atoms with Crippen molar-refractivity contribution < 1.29 is 9.21 Å². The highest BCUT2D eigenvalue weighted by molar-refractivity contribution is 5.96. The number of rotatable bonds is 5. The summed E-state index contributed by atoms with van der Waals surface area (Å²) in [6.45, 7) is 4.22. The molecule has 1 amide bonds. The third kappa shape index (κ3) is 2.58. The number of nitrogens with one attached hydrogen (secondary N) is 1. The number of fused-ring (bicyclic) bond motifs is 1. The van der Waals surface area contributed by atoms with E-state index in [1.807, 2.05) is 13.8 Å². The first-order valence-corrected chi connectivity index (χ1v) is 7.08. The highest BCUT2D eigenvalue weighted by Gasteiger charge is 2.33. The van der Waals surface area contributed by atoms with E-state index >= 15 is 0 Å². The van der Waals surface area contributed by atoms with E-state index in [1.54, 1.807) is 25.2 Å². The van der Waals surface area contributed by atoms with Crippen LogP contribution in [0.25, 0.3) is 11.1 Å². The van der Waals surface area contributed by atoms with Crippen molar-refractivity contribution in [2.24, 2.45) is 18.2 Å². The Kier molecular flexibility index (Phi) is 4.18. The maximum absolute atomic E-state index is 12.5. The number of hydrogen-bond donors (Lipinski definition) is 2. The molecule has 0 saturated heterocycles. The topological polar surface area (TPSA) is 90.3 Å². The number of carbonyl (C=O) groups is 1. The van der Waals surface area contributed by atoms with Crippen LogP contribution in [0.5, 0.6) is 0 Å². The number of aromatic nitrogens is 1. The van der Waals surface area contributed by atoms with Gasteiger partial charge in [0.05, 0.1) is 10.9 Å². The summed E-state index contributed by atoms with van der Waals surface area (Å²) in [7, 11) is 1.63. The molecular formula is C15H21N3O3. The van der Waals surface area contributed by atoms with Crippen LogP contribution in [0.1, 0.15) is 26.7 Å². The lowest BCUT2D eigenvalue weighted by atomic mass is 9.81. The van der Waals surface area contributed by atoms with E-state index in [-0.39, 0.29) is 5.91 Å². The lowest BCUT2D eigenvalue weighted by molar-refractivity contribution is -0.125. The first kappa shape index (κ1) is 15.3. The molecule has 2 rings (SSSR count). The van der Waals surface area contributed by atoms with Crippen molar-refractivity contribution in [3.8, 4) is 0 Å². The van der Waals surface area contributed by atoms with Gasteiger partial charge in [-0.05, 0) is 31.0 Å². The summed E-state index contributed by atoms with van der Waals surface area (Å²) in [6, 6.07) is 5.12. The third-order valence-electron chi connectivity index (χ3n) is 4.28. The Morgan fingerprint density at radius 1 is 1.38 bits per heavy atom. The molecule has 0 bridgehead atoms. The van der Waals surface area contributed by atoms with E-state index in [9.17, 15) is 9.59 Å². The van der Waals surface area contributed by atoms with Crippen molar-refractivity contribution in [2.75, 3.05) is 11.9 Å². The summed E-state index contributed by atoms with van der Waals surface area (Å²) < 4.78 is 6.47. The molecule has 6 heteroatoms. The lowest BCUT2D eigenvalue weighted by Gasteiger charge is -2.28. The number of oxazole rings is 1. The fourth-order valence-electron chi connectivity index (χ4n) is 2.42. The molecule has 0 fully saturated rings. The first-order valence-electron chi connectivity index (χ1n) is 7.08. The van der Waals surface area contributed by atoms with Crippen molar-refractivity contribution >= 4 is 22.7 Å². The molecule has 1 heterocycles. The maximum atomic E-state index is 12.5. The molecule has 0 aliphatic rings. The monoisotopic (exact) mass is 291 g/mol. The highest BCUT2D eigenvalue weighted by Crippen LogP contribution is 2.27. The Bertz CT molecular complexity index is 702. The zero-order chi connectivity index (χ0) is 15.6. The zero-order valence-corrected chi connectivity index (χ0v) is 12.6. The van der Waals surface area contributed by atoms with Crippen molar-refractivity contribution in [1.29, 1.82) is 0 Å². The predicted molar refractivity (Wildman–Crippen MR) is 82.2 cm³/mol. The fourth-order valence-corrected chi connectivity index (χ4v) is 2.42. The summed E-state index contributed by atoms with van der Waals surface area (Å²) in [5.74, 6) is -0.519. The molecule has 6 nitrogen and oxygen atoms in total. The van der Waals surface area contributed by atoms with Crippen molar-refractivity contribution in [1.82, 2.24) is 4.57 Å². The molecule has 0 atom stereocenters. The average Bonchev–Trinajstić information content (AvgIpc) is 2.77. The van der Waals surface area contributed by atoms with Crippen LogP contribution in [-0.4, -0.2) is 17.0 Å². The third-order valence-corrected chi connectivity index (χ3v) is 4.28. The van der Waals surface area contributed by atoms with Crippen LogP contribution >= 0.6 is 0 Å². The lowest BCUT2D eigenvalue weighted by Crippen LogP contribution is -2.41. The van der Waals surface area contributed by atoms with E-state index in [2.05, 4.69) is 5.32 Å². The minimum Gasteiger partial charge on any atom is -0.408 e. The van der Waals surface area contributed by atoms with Gasteiger partial charge in [0.2, 0.25) is 5.91 Å². The van der Waals surface area contributed by atoms with Gasteiger partial charge >= 0.3 is 5.76 Å². The Morgan fingerprint density at radius 3 is 2.62 bits per heavy atom. The molecule has 0 radical (unpaired) electrons. The maximum Gasteiger partial charge on any atom is 0.419 e. The van der Waals surface area contributed by atoms with Crippen LogP contribution in [0.4, 0.5) is 5.69 Å². The molecule has 2 aromatic rings. The molecule has 0 aliphatic heterocycles. The number of benzene rings is 1. The minimum absolute atomic E-state index is 0.0946. The van der Waals surface area contributed by atoms with Crippen molar-refractivity contribution in [3.05, 3.63) is 28.7 Å². The summed E-state index contributed by atoms with van der Waals surface area (Å²) in [5.41, 5.74) is 6.99. The van der Waals surface area contributed by atoms with Gasteiger partial charge in [-0.1, -0.05) is 13.8 Å². The Labute approximate surface area is 122 Å². The second-order valence-electron chi connectivity index (χ2n) is 5.26. The van der Waals surface area contributed by atoms with E-state index in [4.69, 9.17) is 10.2 Å². The normalized spacial score (nSPS) is 11.8. The van der Waals surface area contributed by atoms with Crippen LogP contribution in [0, 0.1) is 5.41 Å². The smallest absolute Gasteiger partial charge is 0.408 e. The summed E-state index contributed by atoms with van der Waals surface area (Å²) >= 11 is 0. The summed E-state index contributed by atoms with van der Waals surface area (Å²) in [6.07, 6.45) is 1.36. The largest absolute Gasteiger partial charge is 0.419 e. The molecular weight excluding hydrogens is 270 g/mol. The number of hydrogen-bond acceptors (Lipinski definition) is 4. The van der Waals surface area contributed by atoms with Crippen molar-refractivity contribution in [3.63, 3.8) is 0 Å². The Balaban J connectivity index is 2.33. The average molecular weight is 291 g/mol. The van der Waals surface area contributed by atoms with Gasteiger partial charge in [0.25, 0.3) is 0 Å². The summed E-state index contributed by atoms with van der Waals surface area (Å²) in [4.78, 5) is 23.9. The number of nitrogens with two attached hydrogens (primary N) is 1. The van der Waals surface area contributed by atoms with Gasteiger partial charge in [-0.25, -0.2) is 4.79 Å². The molecule has 0 saturated carbocycles. The van der Waals surface area contributed by atoms with Crippen LogP contribution in [-0.2, 0) is 11.8 Å². The molecule has 0 unspecified atom stereocenters. The number of nitrogens with zero attached hydrogens (tertiary/aromatic N) is 1. The van der Waals surface area contributed by atoms with Gasteiger partial charge in [0, 0.05) is 19.3 Å². The van der Waals surface area contributed by atoms with Crippen LogP contribution in [0.15, 0.2) is 27.4 Å². The van der Waals surface area contributed by atoms with Gasteiger partial charge in [-0.2, -0.15) is 0 Å². The SMILES string of the molecule is CCC(CC)(CN)C(=O)Nc1ccc2oc(=O)n(C)c2c1. The van der Waals surface area contributed by atoms with E-state index in [0.717, 1.165) is 0 Å². The molecule has 0 aliphatic carbocycles. The molecule has 3 N–H and O–H groups in total. The van der Waals surface area contributed by atoms with Crippen molar-refractivity contribution in [2.45, 2.75) is 26.7 Å². The van der Waals surface area contributed by atoms with Crippen LogP contribution < -0.4 is 16.8 Å². The number of aryl methyl sites for hydroxylation is 1. The van der Waals surface area contributed by atoms with Gasteiger partial charge in [-0.3, -0.25) is 9.36 Å². The Morgan fingerprint density at radius 2 is 2.05 bits per heavy atom. The predicted octanol–water partition coefficient (Wildman–Crippen LogP) is 1.84. The van der Waals surface area contributed by atoms with Gasteiger partial charge in [-0.15, -0.1) is 0 Å². The van der Waals surface area contributed by atoms with Crippen LogP contribution in [0.3, 0.4) is 0 Å². The number of carbonyl (C=O) groups excluding carboxylic acids is 1. The van der Waals surface area contributed by atoms with Gasteiger partial charge in [0.1, 0.15) is 0 Å². The molecule has 1 aromatic carbocycles. The Hall–Kier alpha value is -2.08. The molecule has 1 aromatic heterocycles. The zero-order valence-electron chi connectivity index (χ0n) is 12.6. The molecule has 0 spiro atoms. The fraction of sp³-hybridized carbons (Fsp3) is 0.467. The second-order valence-corrected chi connectivity index (χ2v) is 5.26. The molecule has 21 heavy (non-hydrogen) atoms. The first-order chi connectivity index (χ1) is 9.97. The second kappa shape index (κ2) is 5.73. The quantitative estimate of drug-likeness (QED) is 0.879. The van der Waals surface area contributed by atoms with Gasteiger partial charge in [0.15, 0.2) is 5.58 Å². The van der Waals surface area contributed by atoms with E-state index < -0.39 is 11.2 Å². The van der Waals surface area contributed by atoms with Crippen LogP contribution in [0.2, 0.25) is 0 Å². The molecule has 114 valence electrons. The van der Waals surface area contributed by atoms with E-state index in [1.165, 1.54) is 4.57 Å². The van der Waals surface area contributed by atoms with Gasteiger partial charge < -0.3 is 15.5 Å². The number of amides is 1. The highest BCUT2D eigenvalue weighted by atomic mass is 16.4. The number of anilines is 1.